The second kappa shape index (κ2) is 1.87. The molecule has 0 aromatic rings. The second-order valence-corrected chi connectivity index (χ2v) is 1.96. The standard InChI is InChI=1S/C2H5N5OS/c3-2(9)7(8)1-4-5-6-7/h1H2,(H2,3,9)(H,4,6). The Labute approximate surface area is 56.5 Å². The Hall–Kier alpha value is -0.790. The molecule has 1 aliphatic heterocycles. The summed E-state index contributed by atoms with van der Waals surface area (Å²) in [7, 11) is 0. The van der Waals surface area contributed by atoms with E-state index in [1.165, 1.54) is 0 Å². The number of rotatable bonds is 0. The van der Waals surface area contributed by atoms with E-state index in [9.17, 15) is 5.21 Å². The van der Waals surface area contributed by atoms with E-state index in [0.717, 1.165) is 0 Å². The van der Waals surface area contributed by atoms with Crippen LogP contribution < -0.4 is 11.2 Å². The third-order valence-corrected chi connectivity index (χ3v) is 1.17. The van der Waals surface area contributed by atoms with Gasteiger partial charge in [0.15, 0.2) is 0 Å². The summed E-state index contributed by atoms with van der Waals surface area (Å²) in [5.74, 6) is 0. The first-order chi connectivity index (χ1) is 4.15. The molecular weight excluding hydrogens is 142 g/mol. The highest BCUT2D eigenvalue weighted by Crippen LogP contribution is 2.07. The number of nitrogens with zero attached hydrogens (tertiary/aromatic N) is 3. The maximum atomic E-state index is 11.0. The van der Waals surface area contributed by atoms with Gasteiger partial charge in [-0.05, 0) is 5.22 Å². The molecule has 0 fully saturated rings. The van der Waals surface area contributed by atoms with Crippen LogP contribution in [-0.2, 0) is 0 Å². The zero-order valence-electron chi connectivity index (χ0n) is 4.44. The predicted molar refractivity (Wildman–Crippen MR) is 33.3 cm³/mol. The van der Waals surface area contributed by atoms with E-state index in [0.29, 0.717) is 0 Å². The molecule has 0 bridgehead atoms. The minimum absolute atomic E-state index is 0.00463. The minimum Gasteiger partial charge on any atom is -0.595 e. The fourth-order valence-electron chi connectivity index (χ4n) is 0.385. The average molecular weight is 147 g/mol. The van der Waals surface area contributed by atoms with Gasteiger partial charge >= 0.3 is 0 Å². The zero-order chi connectivity index (χ0) is 6.91. The van der Waals surface area contributed by atoms with E-state index in [4.69, 9.17) is 5.73 Å². The Kier molecular flexibility index (Phi) is 1.31. The van der Waals surface area contributed by atoms with Gasteiger partial charge in [-0.25, -0.2) is 5.43 Å². The fourth-order valence-corrected chi connectivity index (χ4v) is 0.486. The summed E-state index contributed by atoms with van der Waals surface area (Å²) in [4.78, 5) is 0. The highest BCUT2D eigenvalue weighted by molar-refractivity contribution is 7.79. The molecule has 1 rings (SSSR count). The molecule has 6 nitrogen and oxygen atoms in total. The molecule has 50 valence electrons. The van der Waals surface area contributed by atoms with E-state index in [1.807, 2.05) is 0 Å². The van der Waals surface area contributed by atoms with Crippen LogP contribution in [0, 0.1) is 5.21 Å². The molecule has 0 aromatic carbocycles. The monoisotopic (exact) mass is 147 g/mol. The third-order valence-electron chi connectivity index (χ3n) is 0.889. The van der Waals surface area contributed by atoms with Crippen molar-refractivity contribution >= 4 is 17.3 Å². The Morgan fingerprint density at radius 1 is 1.89 bits per heavy atom. The first kappa shape index (κ1) is 6.33. The molecule has 0 saturated carbocycles. The second-order valence-electron chi connectivity index (χ2n) is 1.55. The zero-order valence-corrected chi connectivity index (χ0v) is 5.26. The van der Waals surface area contributed by atoms with Gasteiger partial charge in [0.2, 0.25) is 6.67 Å². The molecule has 1 atom stereocenters. The van der Waals surface area contributed by atoms with E-state index in [2.05, 4.69) is 28.1 Å². The maximum Gasteiger partial charge on any atom is 0.297 e. The van der Waals surface area contributed by atoms with Gasteiger partial charge in [-0.1, -0.05) is 0 Å². The van der Waals surface area contributed by atoms with Crippen molar-refractivity contribution in [2.45, 2.75) is 0 Å². The summed E-state index contributed by atoms with van der Waals surface area (Å²) in [5.41, 5.74) is 7.37. The smallest absolute Gasteiger partial charge is 0.297 e. The molecule has 3 N–H and O–H groups in total. The highest BCUT2D eigenvalue weighted by Gasteiger charge is 2.25. The van der Waals surface area contributed by atoms with Crippen LogP contribution in [0.1, 0.15) is 0 Å². The molecule has 0 spiro atoms. The summed E-state index contributed by atoms with van der Waals surface area (Å²) in [6.07, 6.45) is 0. The number of hydrogen-bond acceptors (Lipinski definition) is 5. The number of nitrogens with one attached hydrogen (secondary N) is 1. The Morgan fingerprint density at radius 2 is 2.56 bits per heavy atom. The van der Waals surface area contributed by atoms with Crippen molar-refractivity contribution in [1.29, 1.82) is 0 Å². The maximum absolute atomic E-state index is 11.0. The Bertz CT molecular complexity index is 168. The van der Waals surface area contributed by atoms with Crippen LogP contribution in [0.5, 0.6) is 0 Å². The minimum atomic E-state index is -1.09. The number of quaternary nitrogens is 1. The van der Waals surface area contributed by atoms with E-state index < -0.39 is 4.76 Å². The topological polar surface area (TPSA) is 85.8 Å². The highest BCUT2D eigenvalue weighted by atomic mass is 32.1. The van der Waals surface area contributed by atoms with Crippen molar-refractivity contribution in [3.8, 4) is 0 Å². The largest absolute Gasteiger partial charge is 0.595 e. The van der Waals surface area contributed by atoms with Crippen molar-refractivity contribution in [1.82, 2.24) is 5.43 Å². The predicted octanol–water partition coefficient (Wildman–Crippen LogP) is -0.613. The molecule has 0 amide bonds. The molecule has 7 heteroatoms. The molecule has 0 saturated heterocycles. The molecule has 0 radical (unpaired) electrons. The first-order valence-electron chi connectivity index (χ1n) is 2.19. The van der Waals surface area contributed by atoms with Crippen LogP contribution in [0.25, 0.3) is 0 Å². The van der Waals surface area contributed by atoms with Crippen LogP contribution in [0.2, 0.25) is 0 Å². The van der Waals surface area contributed by atoms with Gasteiger partial charge in [-0.3, -0.25) is 0 Å². The summed E-state index contributed by atoms with van der Waals surface area (Å²) in [6, 6.07) is 0. The van der Waals surface area contributed by atoms with Gasteiger partial charge in [0.25, 0.3) is 5.11 Å². The van der Waals surface area contributed by atoms with Gasteiger partial charge in [0.05, 0.1) is 5.22 Å². The van der Waals surface area contributed by atoms with Crippen molar-refractivity contribution < 1.29 is 4.76 Å². The fraction of sp³-hybridized carbons (Fsp3) is 0.500. The van der Waals surface area contributed by atoms with Crippen molar-refractivity contribution in [3.63, 3.8) is 0 Å². The molecule has 1 heterocycles. The summed E-state index contributed by atoms with van der Waals surface area (Å²) < 4.78 is -1.09. The first-order valence-corrected chi connectivity index (χ1v) is 2.60. The SMILES string of the molecule is NC(=S)[N+]1([O-])CNN=N1. The normalized spacial score (nSPS) is 32.1. The summed E-state index contributed by atoms with van der Waals surface area (Å²) in [5, 5.41) is 17.1. The lowest BCUT2D eigenvalue weighted by Crippen LogP contribution is -2.46. The van der Waals surface area contributed by atoms with Gasteiger partial charge in [-0.15, -0.1) is 4.76 Å². The van der Waals surface area contributed by atoms with Gasteiger partial charge in [0.1, 0.15) is 0 Å². The number of nitrogens with two attached hydrogens (primary N) is 1. The van der Waals surface area contributed by atoms with Crippen LogP contribution in [-0.4, -0.2) is 16.5 Å². The molecule has 0 aliphatic carbocycles. The quantitative estimate of drug-likeness (QED) is 0.272. The van der Waals surface area contributed by atoms with Crippen LogP contribution in [0.3, 0.4) is 0 Å². The molecular formula is C2H5N5OS. The lowest BCUT2D eigenvalue weighted by molar-refractivity contribution is -0.791. The summed E-state index contributed by atoms with van der Waals surface area (Å²) in [6.45, 7) is -0.00463. The Morgan fingerprint density at radius 3 is 2.78 bits per heavy atom. The van der Waals surface area contributed by atoms with Crippen LogP contribution in [0.4, 0.5) is 0 Å². The van der Waals surface area contributed by atoms with Gasteiger partial charge < -0.3 is 10.9 Å². The van der Waals surface area contributed by atoms with E-state index in [1.54, 1.807) is 0 Å². The van der Waals surface area contributed by atoms with Crippen LogP contribution >= 0.6 is 12.2 Å². The lowest BCUT2D eigenvalue weighted by atomic mass is 10.9. The summed E-state index contributed by atoms with van der Waals surface area (Å²) >= 11 is 4.41. The lowest BCUT2D eigenvalue weighted by Gasteiger charge is -2.25. The van der Waals surface area contributed by atoms with E-state index >= 15 is 0 Å². The Balaban J connectivity index is 2.74. The molecule has 1 unspecified atom stereocenters. The van der Waals surface area contributed by atoms with Crippen molar-refractivity contribution in [3.05, 3.63) is 5.21 Å². The number of thiocarbonyl (C=S) groups is 1. The van der Waals surface area contributed by atoms with E-state index in [-0.39, 0.29) is 11.8 Å². The van der Waals surface area contributed by atoms with Crippen LogP contribution in [0.15, 0.2) is 10.4 Å². The van der Waals surface area contributed by atoms with Crippen molar-refractivity contribution in [2.75, 3.05) is 6.67 Å². The van der Waals surface area contributed by atoms with Crippen molar-refractivity contribution in [2.24, 2.45) is 16.2 Å². The number of hydroxylamine groups is 2. The van der Waals surface area contributed by atoms with Gasteiger partial charge in [0, 0.05) is 12.2 Å². The third kappa shape index (κ3) is 0.969. The molecule has 0 aromatic heterocycles. The molecule has 9 heavy (non-hydrogen) atoms. The average Bonchev–Trinajstić information content (AvgIpc) is 2.16. The molecule has 1 aliphatic rings. The van der Waals surface area contributed by atoms with Gasteiger partial charge in [-0.2, -0.15) is 0 Å². The number of hydrogen-bond donors (Lipinski definition) is 2.